The van der Waals surface area contributed by atoms with Gasteiger partial charge in [-0.15, -0.1) is 0 Å². The standard InChI is InChI=1S/C17H25NO2/c1-3-20-16(19)13-17(18-2)11-9-15(10-12-17)14-7-5-4-6-8-14/h4-8,15,18H,3,9-13H2,1-2H3. The Bertz CT molecular complexity index is 422. The summed E-state index contributed by atoms with van der Waals surface area (Å²) in [5.74, 6) is 0.542. The number of rotatable bonds is 5. The molecule has 2 rings (SSSR count). The van der Waals surface area contributed by atoms with Gasteiger partial charge in [0.2, 0.25) is 0 Å². The highest BCUT2D eigenvalue weighted by molar-refractivity contribution is 5.71. The fourth-order valence-corrected chi connectivity index (χ4v) is 3.23. The maximum atomic E-state index is 11.8. The molecule has 0 bridgehead atoms. The van der Waals surface area contributed by atoms with Crippen LogP contribution < -0.4 is 5.32 Å². The average Bonchev–Trinajstić information content (AvgIpc) is 2.49. The van der Waals surface area contributed by atoms with Gasteiger partial charge >= 0.3 is 5.97 Å². The number of carbonyl (C=O) groups excluding carboxylic acids is 1. The number of nitrogens with one attached hydrogen (secondary N) is 1. The van der Waals surface area contributed by atoms with Gasteiger partial charge in [0.15, 0.2) is 0 Å². The summed E-state index contributed by atoms with van der Waals surface area (Å²) in [5, 5.41) is 3.38. The minimum Gasteiger partial charge on any atom is -0.466 e. The molecule has 0 amide bonds. The second-order valence-corrected chi connectivity index (χ2v) is 5.70. The van der Waals surface area contributed by atoms with Crippen LogP contribution in [0.25, 0.3) is 0 Å². The number of carbonyl (C=O) groups is 1. The molecular weight excluding hydrogens is 250 g/mol. The van der Waals surface area contributed by atoms with Gasteiger partial charge in [0.1, 0.15) is 0 Å². The molecule has 1 saturated carbocycles. The Labute approximate surface area is 121 Å². The average molecular weight is 275 g/mol. The lowest BCUT2D eigenvalue weighted by atomic mass is 9.73. The topological polar surface area (TPSA) is 38.3 Å². The third-order valence-electron chi connectivity index (χ3n) is 4.53. The molecule has 1 N–H and O–H groups in total. The highest BCUT2D eigenvalue weighted by Crippen LogP contribution is 2.39. The Hall–Kier alpha value is -1.35. The van der Waals surface area contributed by atoms with E-state index in [1.165, 1.54) is 5.56 Å². The number of benzene rings is 1. The second-order valence-electron chi connectivity index (χ2n) is 5.70. The molecular formula is C17H25NO2. The van der Waals surface area contributed by atoms with Crippen LogP contribution in [0.15, 0.2) is 30.3 Å². The van der Waals surface area contributed by atoms with Crippen molar-refractivity contribution < 1.29 is 9.53 Å². The van der Waals surface area contributed by atoms with Crippen molar-refractivity contribution in [3.63, 3.8) is 0 Å². The summed E-state index contributed by atoms with van der Waals surface area (Å²) in [6, 6.07) is 10.7. The number of hydrogen-bond donors (Lipinski definition) is 1. The van der Waals surface area contributed by atoms with Crippen molar-refractivity contribution in [3.8, 4) is 0 Å². The summed E-state index contributed by atoms with van der Waals surface area (Å²) in [7, 11) is 1.96. The van der Waals surface area contributed by atoms with E-state index >= 15 is 0 Å². The van der Waals surface area contributed by atoms with Gasteiger partial charge in [0.25, 0.3) is 0 Å². The van der Waals surface area contributed by atoms with E-state index in [9.17, 15) is 4.79 Å². The molecule has 1 aromatic rings. The Morgan fingerprint density at radius 3 is 2.50 bits per heavy atom. The summed E-state index contributed by atoms with van der Waals surface area (Å²) in [5.41, 5.74) is 1.35. The number of ether oxygens (including phenoxy) is 1. The SMILES string of the molecule is CCOC(=O)CC1(NC)CCC(c2ccccc2)CC1. The van der Waals surface area contributed by atoms with Crippen molar-refractivity contribution in [1.29, 1.82) is 0 Å². The van der Waals surface area contributed by atoms with E-state index in [1.807, 2.05) is 14.0 Å². The van der Waals surface area contributed by atoms with Crippen molar-refractivity contribution in [2.75, 3.05) is 13.7 Å². The summed E-state index contributed by atoms with van der Waals surface area (Å²) in [4.78, 5) is 11.8. The van der Waals surface area contributed by atoms with E-state index in [-0.39, 0.29) is 11.5 Å². The molecule has 0 aliphatic heterocycles. The Balaban J connectivity index is 1.95. The van der Waals surface area contributed by atoms with Crippen LogP contribution in [0, 0.1) is 0 Å². The van der Waals surface area contributed by atoms with E-state index in [4.69, 9.17) is 4.74 Å². The largest absolute Gasteiger partial charge is 0.466 e. The Morgan fingerprint density at radius 2 is 1.95 bits per heavy atom. The first kappa shape index (κ1) is 15.0. The van der Waals surface area contributed by atoms with Crippen molar-refractivity contribution in [1.82, 2.24) is 5.32 Å². The maximum absolute atomic E-state index is 11.8. The molecule has 0 spiro atoms. The molecule has 0 heterocycles. The third kappa shape index (κ3) is 3.60. The molecule has 3 nitrogen and oxygen atoms in total. The molecule has 3 heteroatoms. The highest BCUT2D eigenvalue weighted by Gasteiger charge is 2.36. The van der Waals surface area contributed by atoms with Crippen LogP contribution in [0.1, 0.15) is 50.5 Å². The van der Waals surface area contributed by atoms with Gasteiger partial charge in [-0.3, -0.25) is 4.79 Å². The zero-order valence-corrected chi connectivity index (χ0v) is 12.5. The van der Waals surface area contributed by atoms with E-state index in [1.54, 1.807) is 0 Å². The van der Waals surface area contributed by atoms with Crippen LogP contribution in [-0.2, 0) is 9.53 Å². The van der Waals surface area contributed by atoms with Crippen LogP contribution in [0.5, 0.6) is 0 Å². The minimum atomic E-state index is -0.0833. The Kier molecular flexibility index (Phi) is 5.18. The lowest BCUT2D eigenvalue weighted by molar-refractivity contribution is -0.145. The maximum Gasteiger partial charge on any atom is 0.307 e. The fourth-order valence-electron chi connectivity index (χ4n) is 3.23. The smallest absolute Gasteiger partial charge is 0.307 e. The van der Waals surface area contributed by atoms with Gasteiger partial charge < -0.3 is 10.1 Å². The first-order valence-electron chi connectivity index (χ1n) is 7.58. The second kappa shape index (κ2) is 6.89. The number of hydrogen-bond acceptors (Lipinski definition) is 3. The van der Waals surface area contributed by atoms with Crippen LogP contribution in [0.3, 0.4) is 0 Å². The molecule has 0 aromatic heterocycles. The summed E-state index contributed by atoms with van der Waals surface area (Å²) in [6.07, 6.45) is 4.80. The fraction of sp³-hybridized carbons (Fsp3) is 0.588. The molecule has 0 unspecified atom stereocenters. The molecule has 1 aromatic carbocycles. The van der Waals surface area contributed by atoms with Crippen molar-refractivity contribution >= 4 is 5.97 Å². The van der Waals surface area contributed by atoms with Gasteiger partial charge in [0.05, 0.1) is 13.0 Å². The number of esters is 1. The molecule has 1 aliphatic carbocycles. The van der Waals surface area contributed by atoms with Crippen LogP contribution in [0.2, 0.25) is 0 Å². The van der Waals surface area contributed by atoms with E-state index in [0.717, 1.165) is 25.7 Å². The lowest BCUT2D eigenvalue weighted by Crippen LogP contribution is -2.47. The summed E-state index contributed by atoms with van der Waals surface area (Å²) in [6.45, 7) is 2.32. The third-order valence-corrected chi connectivity index (χ3v) is 4.53. The zero-order chi connectivity index (χ0) is 14.4. The predicted octanol–water partition coefficient (Wildman–Crippen LogP) is 3.26. The van der Waals surface area contributed by atoms with Crippen molar-refractivity contribution in [2.45, 2.75) is 50.5 Å². The van der Waals surface area contributed by atoms with E-state index in [2.05, 4.69) is 35.6 Å². The molecule has 0 radical (unpaired) electrons. The van der Waals surface area contributed by atoms with Gasteiger partial charge in [-0.2, -0.15) is 0 Å². The molecule has 110 valence electrons. The molecule has 1 aliphatic rings. The van der Waals surface area contributed by atoms with Crippen LogP contribution in [-0.4, -0.2) is 25.2 Å². The van der Waals surface area contributed by atoms with E-state index < -0.39 is 0 Å². The van der Waals surface area contributed by atoms with Crippen molar-refractivity contribution in [2.24, 2.45) is 0 Å². The zero-order valence-electron chi connectivity index (χ0n) is 12.5. The van der Waals surface area contributed by atoms with E-state index in [0.29, 0.717) is 18.9 Å². The molecule has 1 fully saturated rings. The van der Waals surface area contributed by atoms with Gasteiger partial charge in [-0.1, -0.05) is 30.3 Å². The van der Waals surface area contributed by atoms with Gasteiger partial charge in [-0.25, -0.2) is 0 Å². The normalized spacial score (nSPS) is 26.2. The summed E-state index contributed by atoms with van der Waals surface area (Å²) >= 11 is 0. The minimum absolute atomic E-state index is 0.0719. The molecule has 20 heavy (non-hydrogen) atoms. The monoisotopic (exact) mass is 275 g/mol. The van der Waals surface area contributed by atoms with Gasteiger partial charge in [-0.05, 0) is 51.1 Å². The first-order chi connectivity index (χ1) is 9.69. The van der Waals surface area contributed by atoms with Crippen LogP contribution in [0.4, 0.5) is 0 Å². The molecule has 0 atom stereocenters. The lowest BCUT2D eigenvalue weighted by Gasteiger charge is -2.39. The van der Waals surface area contributed by atoms with Crippen molar-refractivity contribution in [3.05, 3.63) is 35.9 Å². The predicted molar refractivity (Wildman–Crippen MR) is 80.7 cm³/mol. The first-order valence-corrected chi connectivity index (χ1v) is 7.58. The Morgan fingerprint density at radius 1 is 1.30 bits per heavy atom. The molecule has 0 saturated heterocycles. The summed E-state index contributed by atoms with van der Waals surface area (Å²) < 4.78 is 5.10. The quantitative estimate of drug-likeness (QED) is 0.838. The highest BCUT2D eigenvalue weighted by atomic mass is 16.5. The van der Waals surface area contributed by atoms with Gasteiger partial charge in [0, 0.05) is 5.54 Å². The van der Waals surface area contributed by atoms with Crippen LogP contribution >= 0.6 is 0 Å².